The van der Waals surface area contributed by atoms with Gasteiger partial charge in [0.05, 0.1) is 10.5 Å². The Balaban J connectivity index is 0.000000200. The number of halogens is 5. The van der Waals surface area contributed by atoms with Crippen molar-refractivity contribution >= 4 is 10.1 Å². The third-order valence-corrected chi connectivity index (χ3v) is 8.15. The van der Waals surface area contributed by atoms with E-state index in [1.54, 1.807) is 12.1 Å². The number of aryl methyl sites for hydroxylation is 1. The average molecular weight is 490 g/mol. The van der Waals surface area contributed by atoms with E-state index >= 15 is 0 Å². The molecule has 0 spiro atoms. The lowest BCUT2D eigenvalue weighted by Crippen LogP contribution is -2.74. The molecule has 2 bridgehead atoms. The summed E-state index contributed by atoms with van der Waals surface area (Å²) < 4.78 is 96.6. The first-order valence-electron chi connectivity index (χ1n) is 10.5. The smallest absolute Gasteiger partial charge is 0.316 e. The number of hydrogen-bond donors (Lipinski definition) is 2. The zero-order valence-corrected chi connectivity index (χ0v) is 18.6. The largest absolute Gasteiger partial charge is 0.416 e. The summed E-state index contributed by atoms with van der Waals surface area (Å²) in [5.74, 6) is -2.55. The van der Waals surface area contributed by atoms with E-state index in [0.717, 1.165) is 42.9 Å². The van der Waals surface area contributed by atoms with Crippen molar-refractivity contribution in [2.24, 2.45) is 16.7 Å². The van der Waals surface area contributed by atoms with Crippen LogP contribution in [-0.2, 0) is 22.2 Å². The molecule has 33 heavy (non-hydrogen) atoms. The van der Waals surface area contributed by atoms with Crippen molar-refractivity contribution < 1.29 is 34.9 Å². The molecule has 3 aliphatic carbocycles. The molecule has 0 radical (unpaired) electrons. The first-order chi connectivity index (χ1) is 15.2. The molecule has 1 aliphatic heterocycles. The van der Waals surface area contributed by atoms with Gasteiger partial charge in [-0.1, -0.05) is 29.8 Å². The summed E-state index contributed by atoms with van der Waals surface area (Å²) in [5.41, 5.74) is -1.18. The Kier molecular flexibility index (Phi) is 5.66. The molecule has 0 aromatic heterocycles. The highest BCUT2D eigenvalue weighted by Gasteiger charge is 2.79. The summed E-state index contributed by atoms with van der Waals surface area (Å²) in [6.45, 7) is 3.65. The van der Waals surface area contributed by atoms with Crippen molar-refractivity contribution in [3.05, 3.63) is 65.2 Å². The second-order valence-corrected chi connectivity index (χ2v) is 10.9. The van der Waals surface area contributed by atoms with Crippen molar-refractivity contribution in [2.45, 2.75) is 43.2 Å². The molecule has 2 aromatic carbocycles. The third kappa shape index (κ3) is 4.17. The van der Waals surface area contributed by atoms with Crippen molar-refractivity contribution in [1.29, 1.82) is 0 Å². The zero-order valence-electron chi connectivity index (χ0n) is 17.8. The summed E-state index contributed by atoms with van der Waals surface area (Å²) in [6, 6.07) is 9.35. The highest BCUT2D eigenvalue weighted by molar-refractivity contribution is 7.85. The molecular formula is C23H24F5NO3S. The van der Waals surface area contributed by atoms with Gasteiger partial charge in [-0.2, -0.15) is 21.6 Å². The van der Waals surface area contributed by atoms with Gasteiger partial charge >= 0.3 is 6.18 Å². The molecule has 4 fully saturated rings. The van der Waals surface area contributed by atoms with Crippen molar-refractivity contribution in [1.82, 2.24) is 5.32 Å². The van der Waals surface area contributed by atoms with Gasteiger partial charge in [-0.25, -0.2) is 8.78 Å². The summed E-state index contributed by atoms with van der Waals surface area (Å²) >= 11 is 0. The summed E-state index contributed by atoms with van der Waals surface area (Å²) in [7, 11) is -4.02. The molecule has 4 nitrogen and oxygen atoms in total. The lowest BCUT2D eigenvalue weighted by atomic mass is 9.29. The standard InChI is InChI=1S/C16H16F5N.C7H8O3S/c17-15(18,10-1-3-11(4-2-10)16(19,20)21)14-7-13(8-14,9-14)12-5-22-6-12;1-6-2-4-7(5-3-6)11(8,9)10/h1-4,12,22H,5-9H2;2-5H,1H3,(H,8,9,10). The van der Waals surface area contributed by atoms with Crippen LogP contribution in [0.1, 0.15) is 36.0 Å². The van der Waals surface area contributed by atoms with Crippen LogP contribution in [0.2, 0.25) is 0 Å². The molecule has 180 valence electrons. The lowest BCUT2D eigenvalue weighted by molar-refractivity contribution is -0.342. The first-order valence-corrected chi connectivity index (χ1v) is 11.9. The van der Waals surface area contributed by atoms with E-state index in [-0.39, 0.29) is 15.9 Å². The van der Waals surface area contributed by atoms with Crippen LogP contribution >= 0.6 is 0 Å². The molecule has 3 saturated carbocycles. The topological polar surface area (TPSA) is 66.4 Å². The molecule has 1 heterocycles. The van der Waals surface area contributed by atoms with Gasteiger partial charge in [-0.3, -0.25) is 4.55 Å². The Bertz CT molecular complexity index is 1100. The molecule has 0 amide bonds. The van der Waals surface area contributed by atoms with E-state index in [9.17, 15) is 30.4 Å². The van der Waals surface area contributed by atoms with Crippen LogP contribution in [0.5, 0.6) is 0 Å². The molecule has 2 N–H and O–H groups in total. The van der Waals surface area contributed by atoms with Gasteiger partial charge in [0.2, 0.25) is 0 Å². The van der Waals surface area contributed by atoms with E-state index in [2.05, 4.69) is 5.32 Å². The summed E-state index contributed by atoms with van der Waals surface area (Å²) in [4.78, 5) is -0.0666. The second-order valence-electron chi connectivity index (χ2n) is 9.47. The first kappa shape index (κ1) is 24.1. The van der Waals surface area contributed by atoms with Gasteiger partial charge in [0.1, 0.15) is 0 Å². The third-order valence-electron chi connectivity index (χ3n) is 7.28. The predicted molar refractivity (Wildman–Crippen MR) is 111 cm³/mol. The van der Waals surface area contributed by atoms with Gasteiger partial charge in [-0.15, -0.1) is 0 Å². The zero-order chi connectivity index (χ0) is 24.3. The van der Waals surface area contributed by atoms with E-state index in [4.69, 9.17) is 4.55 Å². The fraction of sp³-hybridized carbons (Fsp3) is 0.478. The second kappa shape index (κ2) is 7.74. The molecule has 2 aromatic rings. The lowest BCUT2D eigenvalue weighted by Gasteiger charge is -2.76. The maximum absolute atomic E-state index is 14.7. The Morgan fingerprint density at radius 3 is 1.76 bits per heavy atom. The van der Waals surface area contributed by atoms with Crippen LogP contribution in [0.4, 0.5) is 22.0 Å². The fourth-order valence-electron chi connectivity index (χ4n) is 5.24. The number of hydrogen-bond acceptors (Lipinski definition) is 3. The van der Waals surface area contributed by atoms with Crippen molar-refractivity contribution in [2.75, 3.05) is 13.1 Å². The van der Waals surface area contributed by atoms with E-state index in [1.165, 1.54) is 12.1 Å². The highest BCUT2D eigenvalue weighted by atomic mass is 32.2. The van der Waals surface area contributed by atoms with Crippen LogP contribution in [0.25, 0.3) is 0 Å². The maximum Gasteiger partial charge on any atom is 0.416 e. The van der Waals surface area contributed by atoms with E-state index in [1.807, 2.05) is 6.92 Å². The van der Waals surface area contributed by atoms with Gasteiger partial charge < -0.3 is 5.32 Å². The predicted octanol–water partition coefficient (Wildman–Crippen LogP) is 5.43. The molecular weight excluding hydrogens is 465 g/mol. The molecule has 1 saturated heterocycles. The van der Waals surface area contributed by atoms with E-state index < -0.39 is 33.2 Å². The number of benzene rings is 2. The Labute approximate surface area is 188 Å². The van der Waals surface area contributed by atoms with Gasteiger partial charge in [-0.05, 0) is 74.9 Å². The van der Waals surface area contributed by atoms with Crippen LogP contribution in [-0.4, -0.2) is 26.1 Å². The SMILES string of the molecule is Cc1ccc(S(=O)(=O)O)cc1.FC(F)(F)c1ccc(C(F)(F)C23CC(C4CNC4)(C2)C3)cc1. The molecule has 10 heteroatoms. The Morgan fingerprint density at radius 2 is 1.36 bits per heavy atom. The minimum absolute atomic E-state index is 0.0666. The van der Waals surface area contributed by atoms with Gasteiger partial charge in [0.25, 0.3) is 16.0 Å². The summed E-state index contributed by atoms with van der Waals surface area (Å²) in [5, 5.41) is 3.17. The minimum atomic E-state index is -4.49. The average Bonchev–Trinajstić information content (AvgIpc) is 2.61. The van der Waals surface area contributed by atoms with Crippen molar-refractivity contribution in [3.8, 4) is 0 Å². The van der Waals surface area contributed by atoms with Crippen LogP contribution < -0.4 is 5.32 Å². The monoisotopic (exact) mass is 489 g/mol. The molecule has 0 atom stereocenters. The minimum Gasteiger partial charge on any atom is -0.316 e. The van der Waals surface area contributed by atoms with Crippen LogP contribution in [0, 0.1) is 23.7 Å². The normalized spacial score (nSPS) is 26.9. The number of alkyl halides is 5. The number of nitrogens with one attached hydrogen (secondary N) is 1. The van der Waals surface area contributed by atoms with E-state index in [0.29, 0.717) is 25.2 Å². The quantitative estimate of drug-likeness (QED) is 0.444. The van der Waals surface area contributed by atoms with Gasteiger partial charge in [0, 0.05) is 11.0 Å². The molecule has 6 rings (SSSR count). The van der Waals surface area contributed by atoms with Crippen LogP contribution in [0.3, 0.4) is 0 Å². The van der Waals surface area contributed by atoms with Crippen LogP contribution in [0.15, 0.2) is 53.4 Å². The fourth-order valence-corrected chi connectivity index (χ4v) is 5.72. The molecule has 4 aliphatic rings. The maximum atomic E-state index is 14.7. The van der Waals surface area contributed by atoms with Gasteiger partial charge in [0.15, 0.2) is 0 Å². The van der Waals surface area contributed by atoms with Crippen molar-refractivity contribution in [3.63, 3.8) is 0 Å². The Hall–Kier alpha value is -2.04. The molecule has 0 unspecified atom stereocenters. The Morgan fingerprint density at radius 1 is 0.879 bits per heavy atom. The number of rotatable bonds is 4. The summed E-state index contributed by atoms with van der Waals surface area (Å²) in [6.07, 6.45) is -2.99. The highest BCUT2D eigenvalue weighted by Crippen LogP contribution is 2.82.